The van der Waals surface area contributed by atoms with Crippen molar-refractivity contribution in [3.63, 3.8) is 0 Å². The van der Waals surface area contributed by atoms with Gasteiger partial charge in [0.05, 0.1) is 24.7 Å². The van der Waals surface area contributed by atoms with Crippen LogP contribution in [0.15, 0.2) is 0 Å². The molecular weight excluding hydrogens is 248 g/mol. The Morgan fingerprint density at radius 2 is 1.25 bits per heavy atom. The van der Waals surface area contributed by atoms with Crippen LogP contribution in [0, 0.1) is 0 Å². The van der Waals surface area contributed by atoms with Crippen molar-refractivity contribution in [1.29, 1.82) is 0 Å². The average Bonchev–Trinajstić information content (AvgIpc) is 2.24. The molecule has 0 aromatic rings. The highest BCUT2D eigenvalue weighted by molar-refractivity contribution is 8.03. The van der Waals surface area contributed by atoms with Crippen molar-refractivity contribution < 1.29 is 19.1 Å². The molecule has 6 heteroatoms. The summed E-state index contributed by atoms with van der Waals surface area (Å²) in [6.45, 7) is 4.43. The number of ether oxygens (including phenoxy) is 2. The first-order chi connectivity index (χ1) is 7.70. The van der Waals surface area contributed by atoms with Crippen LogP contribution >= 0.6 is 23.5 Å². The lowest BCUT2D eigenvalue weighted by molar-refractivity contribution is -0.140. The minimum Gasteiger partial charge on any atom is -0.465 e. The van der Waals surface area contributed by atoms with E-state index in [4.69, 9.17) is 9.47 Å². The Bertz CT molecular complexity index is 187. The van der Waals surface area contributed by atoms with E-state index < -0.39 is 0 Å². The first kappa shape index (κ1) is 15.6. The van der Waals surface area contributed by atoms with Gasteiger partial charge in [0, 0.05) is 11.5 Å². The molecule has 4 nitrogen and oxygen atoms in total. The molecule has 16 heavy (non-hydrogen) atoms. The minimum atomic E-state index is -0.178. The van der Waals surface area contributed by atoms with Crippen LogP contribution in [-0.2, 0) is 19.1 Å². The van der Waals surface area contributed by atoms with Gasteiger partial charge in [0.1, 0.15) is 0 Å². The summed E-state index contributed by atoms with van der Waals surface area (Å²) >= 11 is 3.04. The second kappa shape index (κ2) is 11.1. The topological polar surface area (TPSA) is 52.6 Å². The van der Waals surface area contributed by atoms with Gasteiger partial charge in [0.2, 0.25) is 0 Å². The molecule has 0 aliphatic rings. The maximum atomic E-state index is 10.9. The molecule has 0 heterocycles. The summed E-state index contributed by atoms with van der Waals surface area (Å²) in [6, 6.07) is 0. The lowest BCUT2D eigenvalue weighted by atomic mass is 10.8. The van der Waals surface area contributed by atoms with Gasteiger partial charge in [-0.05, 0) is 13.8 Å². The molecule has 0 rings (SSSR count). The second-order valence-corrected chi connectivity index (χ2v) is 4.93. The van der Waals surface area contributed by atoms with E-state index in [0.29, 0.717) is 24.7 Å². The van der Waals surface area contributed by atoms with Crippen molar-refractivity contribution in [3.05, 3.63) is 0 Å². The SMILES string of the molecule is CCOC(=O)CSCCSCC(=O)OCC. The fourth-order valence-electron chi connectivity index (χ4n) is 0.834. The van der Waals surface area contributed by atoms with Gasteiger partial charge in [0.25, 0.3) is 0 Å². The molecule has 0 aromatic heterocycles. The molecule has 0 aliphatic carbocycles. The molecule has 0 saturated heterocycles. The fourth-order valence-corrected chi connectivity index (χ4v) is 2.57. The first-order valence-electron chi connectivity index (χ1n) is 5.17. The quantitative estimate of drug-likeness (QED) is 0.466. The molecule has 0 aromatic carbocycles. The van der Waals surface area contributed by atoms with E-state index in [9.17, 15) is 9.59 Å². The molecular formula is C10H18O4S2. The van der Waals surface area contributed by atoms with Crippen molar-refractivity contribution in [1.82, 2.24) is 0 Å². The Morgan fingerprint density at radius 3 is 1.56 bits per heavy atom. The molecule has 0 N–H and O–H groups in total. The van der Waals surface area contributed by atoms with Crippen LogP contribution in [-0.4, -0.2) is 48.2 Å². The highest BCUT2D eigenvalue weighted by Gasteiger charge is 2.03. The predicted molar refractivity (Wildman–Crippen MR) is 67.9 cm³/mol. The van der Waals surface area contributed by atoms with E-state index in [1.165, 1.54) is 23.5 Å². The Labute approximate surface area is 105 Å². The number of carbonyl (C=O) groups is 2. The summed E-state index contributed by atoms with van der Waals surface area (Å²) in [4.78, 5) is 21.9. The van der Waals surface area contributed by atoms with E-state index in [1.807, 2.05) is 0 Å². The van der Waals surface area contributed by atoms with Crippen LogP contribution in [0.1, 0.15) is 13.8 Å². The van der Waals surface area contributed by atoms with Gasteiger partial charge in [-0.25, -0.2) is 0 Å². The Kier molecular flexibility index (Phi) is 10.9. The minimum absolute atomic E-state index is 0.178. The Balaban J connectivity index is 3.21. The molecule has 0 radical (unpaired) electrons. The number of esters is 2. The van der Waals surface area contributed by atoms with Crippen molar-refractivity contribution >= 4 is 35.5 Å². The molecule has 94 valence electrons. The molecule has 0 aliphatic heterocycles. The van der Waals surface area contributed by atoms with Crippen molar-refractivity contribution in [3.8, 4) is 0 Å². The zero-order valence-corrected chi connectivity index (χ0v) is 11.3. The number of rotatable bonds is 9. The normalized spacial score (nSPS) is 9.88. The van der Waals surface area contributed by atoms with Crippen LogP contribution in [0.2, 0.25) is 0 Å². The van der Waals surface area contributed by atoms with E-state index in [0.717, 1.165) is 11.5 Å². The maximum Gasteiger partial charge on any atom is 0.315 e. The fraction of sp³-hybridized carbons (Fsp3) is 0.800. The first-order valence-corrected chi connectivity index (χ1v) is 7.48. The summed E-state index contributed by atoms with van der Waals surface area (Å²) < 4.78 is 9.56. The summed E-state index contributed by atoms with van der Waals surface area (Å²) in [6.07, 6.45) is 0. The average molecular weight is 266 g/mol. The van der Waals surface area contributed by atoms with Crippen LogP contribution in [0.4, 0.5) is 0 Å². The lowest BCUT2D eigenvalue weighted by Crippen LogP contribution is -2.09. The summed E-state index contributed by atoms with van der Waals surface area (Å²) in [5, 5.41) is 0. The second-order valence-electron chi connectivity index (χ2n) is 2.72. The van der Waals surface area contributed by atoms with Crippen LogP contribution in [0.3, 0.4) is 0 Å². The number of hydrogen-bond donors (Lipinski definition) is 0. The number of hydrogen-bond acceptors (Lipinski definition) is 6. The Morgan fingerprint density at radius 1 is 0.875 bits per heavy atom. The van der Waals surface area contributed by atoms with Gasteiger partial charge in [-0.15, -0.1) is 23.5 Å². The third kappa shape index (κ3) is 10.2. The largest absolute Gasteiger partial charge is 0.465 e. The van der Waals surface area contributed by atoms with E-state index in [2.05, 4.69) is 0 Å². The van der Waals surface area contributed by atoms with Gasteiger partial charge in [-0.1, -0.05) is 0 Å². The smallest absolute Gasteiger partial charge is 0.315 e. The molecule has 0 spiro atoms. The van der Waals surface area contributed by atoms with Crippen LogP contribution < -0.4 is 0 Å². The van der Waals surface area contributed by atoms with E-state index >= 15 is 0 Å². The van der Waals surface area contributed by atoms with E-state index in [1.54, 1.807) is 13.8 Å². The third-order valence-electron chi connectivity index (χ3n) is 1.42. The van der Waals surface area contributed by atoms with Crippen molar-refractivity contribution in [2.75, 3.05) is 36.2 Å². The predicted octanol–water partition coefficient (Wildman–Crippen LogP) is 1.58. The standard InChI is InChI=1S/C10H18O4S2/c1-3-13-9(11)7-15-5-6-16-8-10(12)14-4-2/h3-8H2,1-2H3. The zero-order chi connectivity index (χ0) is 12.2. The van der Waals surface area contributed by atoms with Crippen LogP contribution in [0.5, 0.6) is 0 Å². The monoisotopic (exact) mass is 266 g/mol. The summed E-state index contributed by atoms with van der Waals surface area (Å²) in [5.41, 5.74) is 0. The zero-order valence-electron chi connectivity index (χ0n) is 9.69. The van der Waals surface area contributed by atoms with Crippen LogP contribution in [0.25, 0.3) is 0 Å². The van der Waals surface area contributed by atoms with E-state index in [-0.39, 0.29) is 11.9 Å². The molecule has 0 fully saturated rings. The van der Waals surface area contributed by atoms with Gasteiger partial charge in [0.15, 0.2) is 0 Å². The number of carbonyl (C=O) groups excluding carboxylic acids is 2. The maximum absolute atomic E-state index is 10.9. The molecule has 0 amide bonds. The third-order valence-corrected chi connectivity index (χ3v) is 3.55. The van der Waals surface area contributed by atoms with Crippen molar-refractivity contribution in [2.24, 2.45) is 0 Å². The molecule has 0 atom stereocenters. The highest BCUT2D eigenvalue weighted by Crippen LogP contribution is 2.07. The van der Waals surface area contributed by atoms with Crippen molar-refractivity contribution in [2.45, 2.75) is 13.8 Å². The van der Waals surface area contributed by atoms with Gasteiger partial charge >= 0.3 is 11.9 Å². The number of thioether (sulfide) groups is 2. The van der Waals surface area contributed by atoms with Gasteiger partial charge in [-0.2, -0.15) is 0 Å². The lowest BCUT2D eigenvalue weighted by Gasteiger charge is -2.02. The van der Waals surface area contributed by atoms with Gasteiger partial charge < -0.3 is 9.47 Å². The molecule has 0 saturated carbocycles. The summed E-state index contributed by atoms with van der Waals surface area (Å²) in [7, 11) is 0. The Hall–Kier alpha value is -0.360. The highest BCUT2D eigenvalue weighted by atomic mass is 32.2. The summed E-state index contributed by atoms with van der Waals surface area (Å²) in [5.74, 6) is 2.08. The van der Waals surface area contributed by atoms with Gasteiger partial charge in [-0.3, -0.25) is 9.59 Å². The molecule has 0 unspecified atom stereocenters. The molecule has 0 bridgehead atoms.